The van der Waals surface area contributed by atoms with Gasteiger partial charge < -0.3 is 9.84 Å². The Balaban J connectivity index is 1.97. The number of allylic oxidation sites excluding steroid dienone is 2. The van der Waals surface area contributed by atoms with Crippen molar-refractivity contribution in [3.8, 4) is 0 Å². The zero-order valence-electron chi connectivity index (χ0n) is 11.6. The van der Waals surface area contributed by atoms with Gasteiger partial charge in [-0.15, -0.1) is 0 Å². The van der Waals surface area contributed by atoms with Crippen LogP contribution < -0.4 is 5.43 Å². The molecule has 0 bridgehead atoms. The fourth-order valence-electron chi connectivity index (χ4n) is 1.92. The number of carbonyl (C=O) groups is 1. The van der Waals surface area contributed by atoms with Crippen LogP contribution in [-0.2, 0) is 9.53 Å². The fourth-order valence-corrected chi connectivity index (χ4v) is 1.92. The maximum atomic E-state index is 11.4. The second kappa shape index (κ2) is 5.19. The third-order valence-electron chi connectivity index (χ3n) is 3.06. The zero-order valence-corrected chi connectivity index (χ0v) is 11.6. The van der Waals surface area contributed by atoms with Crippen LogP contribution in [0, 0.1) is 0 Å². The summed E-state index contributed by atoms with van der Waals surface area (Å²) in [4.78, 5) is 11.4. The van der Waals surface area contributed by atoms with Gasteiger partial charge in [0.05, 0.1) is 24.1 Å². The molecule has 0 spiro atoms. The van der Waals surface area contributed by atoms with E-state index in [1.54, 1.807) is 25.8 Å². The first-order valence-electron chi connectivity index (χ1n) is 6.39. The van der Waals surface area contributed by atoms with Gasteiger partial charge in [0.2, 0.25) is 0 Å². The summed E-state index contributed by atoms with van der Waals surface area (Å²) in [5.41, 5.74) is 4.04. The highest BCUT2D eigenvalue weighted by Crippen LogP contribution is 2.24. The van der Waals surface area contributed by atoms with Crippen molar-refractivity contribution in [2.45, 2.75) is 32.8 Å². The van der Waals surface area contributed by atoms with Crippen LogP contribution in [0.15, 0.2) is 35.4 Å². The van der Waals surface area contributed by atoms with Crippen LogP contribution in [0.3, 0.4) is 0 Å². The number of Topliss-reactive ketones (excluding diaryl/α,β-unsaturated/α-hetero) is 1. The number of rotatable bonds is 5. The first kappa shape index (κ1) is 13.8. The van der Waals surface area contributed by atoms with Gasteiger partial charge in [-0.25, -0.2) is 5.43 Å². The lowest BCUT2D eigenvalue weighted by atomic mass is 10.1. The Morgan fingerprint density at radius 1 is 1.53 bits per heavy atom. The molecule has 0 aromatic carbocycles. The van der Waals surface area contributed by atoms with Gasteiger partial charge in [0, 0.05) is 18.5 Å². The smallest absolute Gasteiger partial charge is 0.159 e. The van der Waals surface area contributed by atoms with Crippen molar-refractivity contribution in [2.24, 2.45) is 0 Å². The molecule has 5 nitrogen and oxygen atoms in total. The highest BCUT2D eigenvalue weighted by molar-refractivity contribution is 5.95. The molecule has 0 aromatic rings. The van der Waals surface area contributed by atoms with E-state index in [0.29, 0.717) is 25.3 Å². The molecule has 5 heteroatoms. The monoisotopic (exact) mass is 264 g/mol. The van der Waals surface area contributed by atoms with Crippen LogP contribution in [0.4, 0.5) is 0 Å². The molecule has 2 aliphatic rings. The Labute approximate surface area is 113 Å². The molecule has 2 aliphatic heterocycles. The van der Waals surface area contributed by atoms with Gasteiger partial charge in [-0.3, -0.25) is 9.80 Å². The number of fused-ring (bicyclic) bond motifs is 1. The van der Waals surface area contributed by atoms with Crippen molar-refractivity contribution in [1.82, 2.24) is 10.4 Å². The molecule has 0 amide bonds. The number of hydrogen-bond donors (Lipinski definition) is 2. The second-order valence-electron chi connectivity index (χ2n) is 5.40. The van der Waals surface area contributed by atoms with Crippen molar-refractivity contribution in [3.05, 3.63) is 35.4 Å². The second-order valence-corrected chi connectivity index (χ2v) is 5.40. The van der Waals surface area contributed by atoms with E-state index in [0.717, 1.165) is 11.3 Å². The average molecular weight is 264 g/mol. The molecule has 0 fully saturated rings. The van der Waals surface area contributed by atoms with Crippen LogP contribution in [0.1, 0.15) is 27.2 Å². The van der Waals surface area contributed by atoms with Gasteiger partial charge >= 0.3 is 0 Å². The van der Waals surface area contributed by atoms with Crippen LogP contribution in [0.2, 0.25) is 0 Å². The van der Waals surface area contributed by atoms with Gasteiger partial charge in [0.1, 0.15) is 5.76 Å². The van der Waals surface area contributed by atoms with Gasteiger partial charge in [0.15, 0.2) is 5.78 Å². The van der Waals surface area contributed by atoms with Gasteiger partial charge in [-0.2, -0.15) is 0 Å². The Bertz CT molecular complexity index is 470. The lowest BCUT2D eigenvalue weighted by Gasteiger charge is -2.22. The minimum absolute atomic E-state index is 0.0782. The van der Waals surface area contributed by atoms with Crippen molar-refractivity contribution in [1.29, 1.82) is 0 Å². The van der Waals surface area contributed by atoms with E-state index in [-0.39, 0.29) is 5.78 Å². The molecular weight excluding hydrogens is 244 g/mol. The molecule has 0 aliphatic carbocycles. The number of carbonyl (C=O) groups excluding carboxylic acids is 1. The minimum Gasteiger partial charge on any atom is -0.492 e. The Hall–Kier alpha value is -1.59. The number of nitrogens with zero attached hydrogens (tertiary/aromatic N) is 1. The molecule has 2 N–H and O–H groups in total. The van der Waals surface area contributed by atoms with Gasteiger partial charge in [-0.1, -0.05) is 0 Å². The van der Waals surface area contributed by atoms with Gasteiger partial charge in [-0.05, 0) is 32.9 Å². The van der Waals surface area contributed by atoms with E-state index in [1.807, 2.05) is 18.4 Å². The van der Waals surface area contributed by atoms with Crippen LogP contribution in [0.25, 0.3) is 0 Å². The summed E-state index contributed by atoms with van der Waals surface area (Å²) < 4.78 is 5.59. The van der Waals surface area contributed by atoms with Crippen molar-refractivity contribution < 1.29 is 14.6 Å². The van der Waals surface area contributed by atoms with E-state index in [4.69, 9.17) is 4.74 Å². The summed E-state index contributed by atoms with van der Waals surface area (Å²) >= 11 is 0. The molecule has 2 heterocycles. The summed E-state index contributed by atoms with van der Waals surface area (Å²) in [5, 5.41) is 11.4. The van der Waals surface area contributed by atoms with Crippen molar-refractivity contribution in [3.63, 3.8) is 0 Å². The normalized spacial score (nSPS) is 18.5. The molecule has 0 saturated heterocycles. The molecule has 0 atom stereocenters. The summed E-state index contributed by atoms with van der Waals surface area (Å²) in [5.74, 6) is 0.791. The quantitative estimate of drug-likeness (QED) is 0.782. The number of hydrazine groups is 1. The van der Waals surface area contributed by atoms with Crippen molar-refractivity contribution in [2.75, 3.05) is 13.2 Å². The first-order chi connectivity index (χ1) is 8.87. The van der Waals surface area contributed by atoms with Crippen LogP contribution in [-0.4, -0.2) is 34.7 Å². The number of ether oxygens (including phenoxy) is 1. The Kier molecular flexibility index (Phi) is 3.78. The maximum absolute atomic E-state index is 11.4. The highest BCUT2D eigenvalue weighted by Gasteiger charge is 2.24. The summed E-state index contributed by atoms with van der Waals surface area (Å²) in [7, 11) is 0. The predicted octanol–water partition coefficient (Wildman–Crippen LogP) is 1.24. The summed E-state index contributed by atoms with van der Waals surface area (Å²) in [6.07, 6.45) is 6.09. The topological polar surface area (TPSA) is 61.8 Å². The van der Waals surface area contributed by atoms with Crippen molar-refractivity contribution >= 4 is 5.78 Å². The molecule has 104 valence electrons. The van der Waals surface area contributed by atoms with E-state index >= 15 is 0 Å². The summed E-state index contributed by atoms with van der Waals surface area (Å²) in [6.45, 7) is 6.07. The first-order valence-corrected chi connectivity index (χ1v) is 6.39. The third-order valence-corrected chi connectivity index (χ3v) is 3.06. The van der Waals surface area contributed by atoms with E-state index in [1.165, 1.54) is 0 Å². The standard InChI is InChI=1S/C14H20N2O3/c1-10(17)12-8-15-16-9-11(4-5-13(12)16)19-7-6-14(2,3)18/h4-5,9,15,18H,6-8H2,1-3H3. The lowest BCUT2D eigenvalue weighted by molar-refractivity contribution is -0.113. The molecule has 2 rings (SSSR count). The fraction of sp³-hybridized carbons (Fsp3) is 0.500. The average Bonchev–Trinajstić information content (AvgIpc) is 2.70. The van der Waals surface area contributed by atoms with E-state index < -0.39 is 5.60 Å². The lowest BCUT2D eigenvalue weighted by Crippen LogP contribution is -2.28. The SMILES string of the molecule is CC(=O)C1=C2C=CC(OCCC(C)(C)O)=CN2NC1. The molecule has 0 saturated carbocycles. The van der Waals surface area contributed by atoms with E-state index in [2.05, 4.69) is 5.43 Å². The molecule has 0 radical (unpaired) electrons. The molecule has 0 unspecified atom stereocenters. The molecular formula is C14H20N2O3. The molecule has 19 heavy (non-hydrogen) atoms. The number of ketones is 1. The number of aliphatic hydroxyl groups is 1. The summed E-state index contributed by atoms with van der Waals surface area (Å²) in [6, 6.07) is 0. The predicted molar refractivity (Wildman–Crippen MR) is 71.6 cm³/mol. The van der Waals surface area contributed by atoms with E-state index in [9.17, 15) is 9.90 Å². The minimum atomic E-state index is -0.725. The number of nitrogens with one attached hydrogen (secondary N) is 1. The zero-order chi connectivity index (χ0) is 14.0. The maximum Gasteiger partial charge on any atom is 0.159 e. The Morgan fingerprint density at radius 2 is 2.26 bits per heavy atom. The molecule has 0 aromatic heterocycles. The third kappa shape index (κ3) is 3.45. The Morgan fingerprint density at radius 3 is 2.89 bits per heavy atom. The van der Waals surface area contributed by atoms with Crippen LogP contribution in [0.5, 0.6) is 0 Å². The van der Waals surface area contributed by atoms with Crippen LogP contribution >= 0.6 is 0 Å². The highest BCUT2D eigenvalue weighted by atomic mass is 16.5. The number of hydrogen-bond acceptors (Lipinski definition) is 5. The largest absolute Gasteiger partial charge is 0.492 e. The van der Waals surface area contributed by atoms with Gasteiger partial charge in [0.25, 0.3) is 0 Å².